The summed E-state index contributed by atoms with van der Waals surface area (Å²) < 4.78 is 28.1. The number of likely N-dealkylation sites (tertiary alicyclic amines) is 1. The van der Waals surface area contributed by atoms with Gasteiger partial charge >= 0.3 is 6.09 Å². The van der Waals surface area contributed by atoms with E-state index >= 15 is 0 Å². The van der Waals surface area contributed by atoms with Gasteiger partial charge in [0.2, 0.25) is 10.0 Å². The van der Waals surface area contributed by atoms with Crippen molar-refractivity contribution in [2.75, 3.05) is 39.8 Å². The van der Waals surface area contributed by atoms with Crippen molar-refractivity contribution >= 4 is 16.1 Å². The molecule has 1 saturated heterocycles. The molecular formula is C34H45N3O4S. The Balaban J connectivity index is 1.28. The Morgan fingerprint density at radius 3 is 2.10 bits per heavy atom. The predicted octanol–water partition coefficient (Wildman–Crippen LogP) is 6.33. The zero-order chi connectivity index (χ0) is 30.0. The molecule has 3 aromatic carbocycles. The summed E-state index contributed by atoms with van der Waals surface area (Å²) in [6, 6.07) is 28.7. The van der Waals surface area contributed by atoms with Gasteiger partial charge in [0.15, 0.2) is 0 Å². The highest BCUT2D eigenvalue weighted by atomic mass is 32.2. The molecule has 1 aliphatic rings. The molecule has 3 aromatic rings. The van der Waals surface area contributed by atoms with Gasteiger partial charge in [0, 0.05) is 32.1 Å². The summed E-state index contributed by atoms with van der Waals surface area (Å²) in [7, 11) is -1.91. The van der Waals surface area contributed by atoms with Crippen LogP contribution >= 0.6 is 0 Å². The van der Waals surface area contributed by atoms with Crippen LogP contribution in [-0.4, -0.2) is 73.5 Å². The van der Waals surface area contributed by atoms with E-state index in [2.05, 4.69) is 24.0 Å². The maximum absolute atomic E-state index is 13.3. The van der Waals surface area contributed by atoms with Gasteiger partial charge in [-0.3, -0.25) is 0 Å². The van der Waals surface area contributed by atoms with Crippen LogP contribution in [0.3, 0.4) is 0 Å². The van der Waals surface area contributed by atoms with Gasteiger partial charge in [0.25, 0.3) is 0 Å². The first-order valence-electron chi connectivity index (χ1n) is 15.0. The second kappa shape index (κ2) is 14.8. The van der Waals surface area contributed by atoms with Crippen LogP contribution in [0.2, 0.25) is 0 Å². The molecule has 1 amide bonds. The summed E-state index contributed by atoms with van der Waals surface area (Å²) >= 11 is 0. The molecule has 0 aliphatic carbocycles. The standard InChI is InChI=1S/C34H45N3O4S/c1-34(31-16-8-4-9-17-31,28-35(2)42(40,41)32-18-10-5-11-19-32)22-26-36-24-20-29(21-25-36)15-12-23-37(33(38)39)27-30-13-6-3-7-14-30/h3-11,13-14,16-19,29H,12,15,20-28H2,1-2H3,(H,38,39)/t34-/m1/s1. The van der Waals surface area contributed by atoms with Crippen LogP contribution < -0.4 is 0 Å². The molecule has 7 nitrogen and oxygen atoms in total. The highest BCUT2D eigenvalue weighted by Gasteiger charge is 2.33. The van der Waals surface area contributed by atoms with Crippen LogP contribution in [-0.2, 0) is 22.0 Å². The molecule has 8 heteroatoms. The fraction of sp³-hybridized carbons (Fsp3) is 0.441. The highest BCUT2D eigenvalue weighted by molar-refractivity contribution is 7.89. The molecule has 1 atom stereocenters. The third kappa shape index (κ3) is 8.66. The number of sulfonamides is 1. The van der Waals surface area contributed by atoms with Gasteiger partial charge < -0.3 is 14.9 Å². The molecule has 0 bridgehead atoms. The topological polar surface area (TPSA) is 81.2 Å². The van der Waals surface area contributed by atoms with E-state index in [0.717, 1.165) is 62.9 Å². The molecule has 0 saturated carbocycles. The van der Waals surface area contributed by atoms with E-state index in [4.69, 9.17) is 0 Å². The molecule has 1 heterocycles. The second-order valence-electron chi connectivity index (χ2n) is 11.9. The van der Waals surface area contributed by atoms with E-state index in [1.165, 1.54) is 9.21 Å². The lowest BCUT2D eigenvalue weighted by atomic mass is 9.79. The summed E-state index contributed by atoms with van der Waals surface area (Å²) in [4.78, 5) is 16.1. The van der Waals surface area contributed by atoms with Crippen molar-refractivity contribution in [3.8, 4) is 0 Å². The van der Waals surface area contributed by atoms with Crippen LogP contribution in [0.15, 0.2) is 95.9 Å². The minimum atomic E-state index is -3.59. The second-order valence-corrected chi connectivity index (χ2v) is 13.9. The summed E-state index contributed by atoms with van der Waals surface area (Å²) in [5.74, 6) is 0.608. The van der Waals surface area contributed by atoms with Gasteiger partial charge in [-0.2, -0.15) is 0 Å². The van der Waals surface area contributed by atoms with Crippen molar-refractivity contribution in [2.24, 2.45) is 5.92 Å². The van der Waals surface area contributed by atoms with Gasteiger partial charge in [-0.1, -0.05) is 85.8 Å². The summed E-state index contributed by atoms with van der Waals surface area (Å²) in [6.45, 7) is 6.49. The quantitative estimate of drug-likeness (QED) is 0.237. The number of piperidine rings is 1. The lowest BCUT2D eigenvalue weighted by Gasteiger charge is -2.38. The van der Waals surface area contributed by atoms with E-state index in [1.54, 1.807) is 31.3 Å². The first-order valence-corrected chi connectivity index (χ1v) is 16.4. The average Bonchev–Trinajstić information content (AvgIpc) is 3.01. The smallest absolute Gasteiger partial charge is 0.407 e. The van der Waals surface area contributed by atoms with Crippen molar-refractivity contribution in [3.05, 3.63) is 102 Å². The number of amides is 1. The summed E-state index contributed by atoms with van der Waals surface area (Å²) in [6.07, 6.45) is 4.11. The molecule has 0 unspecified atom stereocenters. The molecule has 0 aromatic heterocycles. The number of likely N-dealkylation sites (N-methyl/N-ethyl adjacent to an activating group) is 1. The molecule has 0 radical (unpaired) electrons. The molecule has 42 heavy (non-hydrogen) atoms. The van der Waals surface area contributed by atoms with E-state index in [1.807, 2.05) is 54.6 Å². The normalized spacial score (nSPS) is 16.3. The maximum atomic E-state index is 13.3. The molecule has 226 valence electrons. The molecule has 1 aliphatic heterocycles. The average molecular weight is 592 g/mol. The van der Waals surface area contributed by atoms with Gasteiger partial charge in [-0.15, -0.1) is 0 Å². The first-order chi connectivity index (χ1) is 20.2. The number of hydrogen-bond acceptors (Lipinski definition) is 4. The van der Waals surface area contributed by atoms with Crippen molar-refractivity contribution in [1.29, 1.82) is 0 Å². The van der Waals surface area contributed by atoms with E-state index in [0.29, 0.717) is 30.4 Å². The minimum absolute atomic E-state index is 0.316. The Bertz CT molecular complexity index is 1350. The van der Waals surface area contributed by atoms with Crippen molar-refractivity contribution in [3.63, 3.8) is 0 Å². The lowest BCUT2D eigenvalue weighted by molar-refractivity contribution is 0.135. The van der Waals surface area contributed by atoms with Gasteiger partial charge in [-0.05, 0) is 80.9 Å². The summed E-state index contributed by atoms with van der Waals surface area (Å²) in [5.41, 5.74) is 1.82. The monoisotopic (exact) mass is 591 g/mol. The van der Waals surface area contributed by atoms with E-state index in [9.17, 15) is 18.3 Å². The van der Waals surface area contributed by atoms with Gasteiger partial charge in [-0.25, -0.2) is 17.5 Å². The molecular weight excluding hydrogens is 546 g/mol. The van der Waals surface area contributed by atoms with Crippen LogP contribution in [0.5, 0.6) is 0 Å². The van der Waals surface area contributed by atoms with Crippen molar-refractivity contribution < 1.29 is 18.3 Å². The Morgan fingerprint density at radius 1 is 0.929 bits per heavy atom. The van der Waals surface area contributed by atoms with E-state index in [-0.39, 0.29) is 5.41 Å². The van der Waals surface area contributed by atoms with Crippen LogP contribution in [0.4, 0.5) is 4.79 Å². The molecule has 1 N–H and O–H groups in total. The van der Waals surface area contributed by atoms with Crippen LogP contribution in [0.25, 0.3) is 0 Å². The molecule has 1 fully saturated rings. The van der Waals surface area contributed by atoms with Gasteiger partial charge in [0.1, 0.15) is 0 Å². The lowest BCUT2D eigenvalue weighted by Crippen LogP contribution is -2.43. The summed E-state index contributed by atoms with van der Waals surface area (Å²) in [5, 5.41) is 9.65. The third-order valence-corrected chi connectivity index (χ3v) is 10.5. The zero-order valence-electron chi connectivity index (χ0n) is 24.9. The van der Waals surface area contributed by atoms with Crippen LogP contribution in [0, 0.1) is 5.92 Å². The number of carbonyl (C=O) groups is 1. The minimum Gasteiger partial charge on any atom is -0.465 e. The first kappa shape index (κ1) is 31.7. The molecule has 4 rings (SSSR count). The Hall–Kier alpha value is -3.20. The Morgan fingerprint density at radius 2 is 1.50 bits per heavy atom. The van der Waals surface area contributed by atoms with E-state index < -0.39 is 16.1 Å². The SMILES string of the molecule is CN(C[C@@](C)(CCN1CCC(CCCN(Cc2ccccc2)C(=O)O)CC1)c1ccccc1)S(=O)(=O)c1ccccc1. The highest BCUT2D eigenvalue weighted by Crippen LogP contribution is 2.32. The fourth-order valence-electron chi connectivity index (χ4n) is 6.02. The Labute approximate surface area is 251 Å². The Kier molecular flexibility index (Phi) is 11.2. The number of hydrogen-bond donors (Lipinski definition) is 1. The molecule has 0 spiro atoms. The zero-order valence-corrected chi connectivity index (χ0v) is 25.8. The largest absolute Gasteiger partial charge is 0.465 e. The number of rotatable bonds is 14. The fourth-order valence-corrected chi connectivity index (χ4v) is 7.34. The van der Waals surface area contributed by atoms with Crippen molar-refractivity contribution in [1.82, 2.24) is 14.1 Å². The van der Waals surface area contributed by atoms with Gasteiger partial charge in [0.05, 0.1) is 4.90 Å². The number of carboxylic acid groups (broad SMARTS) is 1. The number of benzene rings is 3. The number of nitrogens with zero attached hydrogens (tertiary/aromatic N) is 3. The van der Waals surface area contributed by atoms with Crippen LogP contribution in [0.1, 0.15) is 50.2 Å². The van der Waals surface area contributed by atoms with Crippen molar-refractivity contribution in [2.45, 2.75) is 55.9 Å². The third-order valence-electron chi connectivity index (χ3n) is 8.71. The predicted molar refractivity (Wildman–Crippen MR) is 168 cm³/mol. The maximum Gasteiger partial charge on any atom is 0.407 e.